The Bertz CT molecular complexity index is 846. The minimum absolute atomic E-state index is 0.414. The molecule has 0 aliphatic carbocycles. The van der Waals surface area contributed by atoms with Crippen LogP contribution in [0.3, 0.4) is 0 Å². The molecule has 0 aliphatic heterocycles. The van der Waals surface area contributed by atoms with E-state index in [-0.39, 0.29) is 0 Å². The van der Waals surface area contributed by atoms with E-state index in [0.29, 0.717) is 23.5 Å². The summed E-state index contributed by atoms with van der Waals surface area (Å²) in [4.78, 5) is 12.8. The molecule has 2 aromatic heterocycles. The quantitative estimate of drug-likeness (QED) is 0.694. The van der Waals surface area contributed by atoms with E-state index in [9.17, 15) is 13.2 Å². The molecule has 0 amide bonds. The van der Waals surface area contributed by atoms with Gasteiger partial charge in [-0.15, -0.1) is 0 Å². The van der Waals surface area contributed by atoms with Crippen LogP contribution in [0.4, 0.5) is 13.2 Å². The summed E-state index contributed by atoms with van der Waals surface area (Å²) >= 11 is 0. The van der Waals surface area contributed by atoms with Gasteiger partial charge >= 0.3 is 6.18 Å². The Kier molecular flexibility index (Phi) is 4.29. The SMILES string of the molecule is CCc1cc(-c2cccc(C(F)(F)F)c2)nc(-c2ccncc2)n1. The molecule has 6 heteroatoms. The van der Waals surface area contributed by atoms with Gasteiger partial charge in [-0.25, -0.2) is 9.97 Å². The standard InChI is InChI=1S/C18H14F3N3/c1-2-15-11-16(13-4-3-5-14(10-13)18(19,20)21)24-17(23-15)12-6-8-22-9-7-12/h3-11H,2H2,1H3. The summed E-state index contributed by atoms with van der Waals surface area (Å²) < 4.78 is 38.8. The normalized spacial score (nSPS) is 11.5. The van der Waals surface area contributed by atoms with Crippen LogP contribution >= 0.6 is 0 Å². The Morgan fingerprint density at radius 2 is 1.67 bits per heavy atom. The fraction of sp³-hybridized carbons (Fsp3) is 0.167. The van der Waals surface area contributed by atoms with Crippen molar-refractivity contribution in [1.82, 2.24) is 15.0 Å². The summed E-state index contributed by atoms with van der Waals surface area (Å²) in [6, 6.07) is 10.4. The largest absolute Gasteiger partial charge is 0.416 e. The number of rotatable bonds is 3. The Hall–Kier alpha value is -2.76. The van der Waals surface area contributed by atoms with Gasteiger partial charge in [0.05, 0.1) is 11.3 Å². The maximum Gasteiger partial charge on any atom is 0.416 e. The van der Waals surface area contributed by atoms with Crippen molar-refractivity contribution in [3.63, 3.8) is 0 Å². The third-order valence-electron chi connectivity index (χ3n) is 3.57. The molecule has 3 nitrogen and oxygen atoms in total. The summed E-state index contributed by atoms with van der Waals surface area (Å²) in [6.45, 7) is 1.94. The molecule has 0 fully saturated rings. The number of nitrogens with zero attached hydrogens (tertiary/aromatic N) is 3. The smallest absolute Gasteiger partial charge is 0.265 e. The van der Waals surface area contributed by atoms with Crippen LogP contribution in [-0.2, 0) is 12.6 Å². The summed E-state index contributed by atoms with van der Waals surface area (Å²) in [5.41, 5.74) is 1.73. The number of hydrogen-bond donors (Lipinski definition) is 0. The minimum Gasteiger partial charge on any atom is -0.265 e. The molecule has 3 aromatic rings. The number of halogens is 3. The zero-order valence-electron chi connectivity index (χ0n) is 12.9. The van der Waals surface area contributed by atoms with Crippen LogP contribution in [0.25, 0.3) is 22.6 Å². The zero-order valence-corrected chi connectivity index (χ0v) is 12.9. The van der Waals surface area contributed by atoms with Crippen LogP contribution < -0.4 is 0 Å². The molecule has 0 saturated heterocycles. The number of aromatic nitrogens is 3. The first-order valence-electron chi connectivity index (χ1n) is 7.43. The molecule has 0 saturated carbocycles. The van der Waals surface area contributed by atoms with Gasteiger partial charge in [0.25, 0.3) is 0 Å². The molecule has 24 heavy (non-hydrogen) atoms. The molecule has 0 N–H and O–H groups in total. The van der Waals surface area contributed by atoms with E-state index in [1.165, 1.54) is 6.07 Å². The van der Waals surface area contributed by atoms with E-state index >= 15 is 0 Å². The van der Waals surface area contributed by atoms with Crippen molar-refractivity contribution in [1.29, 1.82) is 0 Å². The average molecular weight is 329 g/mol. The first kappa shape index (κ1) is 16.1. The van der Waals surface area contributed by atoms with E-state index in [0.717, 1.165) is 23.4 Å². The first-order valence-corrected chi connectivity index (χ1v) is 7.43. The Balaban J connectivity index is 2.12. The van der Waals surface area contributed by atoms with Gasteiger partial charge in [-0.2, -0.15) is 13.2 Å². The fourth-order valence-electron chi connectivity index (χ4n) is 2.31. The maximum absolute atomic E-state index is 12.9. The number of pyridine rings is 1. The van der Waals surface area contributed by atoms with Crippen molar-refractivity contribution in [2.24, 2.45) is 0 Å². The Labute approximate surface area is 137 Å². The highest BCUT2D eigenvalue weighted by atomic mass is 19.4. The Morgan fingerprint density at radius 3 is 2.33 bits per heavy atom. The highest BCUT2D eigenvalue weighted by Gasteiger charge is 2.30. The lowest BCUT2D eigenvalue weighted by molar-refractivity contribution is -0.137. The molecule has 0 atom stereocenters. The van der Waals surface area contributed by atoms with E-state index in [4.69, 9.17) is 0 Å². The third-order valence-corrected chi connectivity index (χ3v) is 3.57. The highest BCUT2D eigenvalue weighted by molar-refractivity contribution is 5.64. The number of aryl methyl sites for hydroxylation is 1. The van der Waals surface area contributed by atoms with Crippen LogP contribution in [-0.4, -0.2) is 15.0 Å². The molecule has 122 valence electrons. The monoisotopic (exact) mass is 329 g/mol. The fourth-order valence-corrected chi connectivity index (χ4v) is 2.31. The van der Waals surface area contributed by atoms with Gasteiger partial charge in [-0.1, -0.05) is 19.1 Å². The lowest BCUT2D eigenvalue weighted by Gasteiger charge is -2.10. The third kappa shape index (κ3) is 3.42. The number of benzene rings is 1. The van der Waals surface area contributed by atoms with E-state index in [1.54, 1.807) is 36.7 Å². The van der Waals surface area contributed by atoms with Crippen LogP contribution in [0.2, 0.25) is 0 Å². The molecular formula is C18H14F3N3. The highest BCUT2D eigenvalue weighted by Crippen LogP contribution is 2.32. The second-order valence-electron chi connectivity index (χ2n) is 5.24. The van der Waals surface area contributed by atoms with Gasteiger partial charge in [0, 0.05) is 29.2 Å². The molecule has 2 heterocycles. The first-order chi connectivity index (χ1) is 11.5. The van der Waals surface area contributed by atoms with E-state index < -0.39 is 11.7 Å². The average Bonchev–Trinajstić information content (AvgIpc) is 2.61. The van der Waals surface area contributed by atoms with Gasteiger partial charge in [-0.3, -0.25) is 4.98 Å². The summed E-state index contributed by atoms with van der Waals surface area (Å²) in [5.74, 6) is 0.476. The van der Waals surface area contributed by atoms with Crippen LogP contribution in [0.5, 0.6) is 0 Å². The summed E-state index contributed by atoms with van der Waals surface area (Å²) in [6.07, 6.45) is -0.473. The number of hydrogen-bond acceptors (Lipinski definition) is 3. The lowest BCUT2D eigenvalue weighted by Crippen LogP contribution is -2.05. The van der Waals surface area contributed by atoms with Crippen LogP contribution in [0, 0.1) is 0 Å². The van der Waals surface area contributed by atoms with Crippen molar-refractivity contribution in [3.8, 4) is 22.6 Å². The van der Waals surface area contributed by atoms with Crippen molar-refractivity contribution < 1.29 is 13.2 Å². The molecule has 0 spiro atoms. The molecule has 0 aliphatic rings. The van der Waals surface area contributed by atoms with Gasteiger partial charge in [0.2, 0.25) is 0 Å². The molecule has 1 aromatic carbocycles. The molecular weight excluding hydrogens is 315 g/mol. The second kappa shape index (κ2) is 6.39. The van der Waals surface area contributed by atoms with Gasteiger partial charge < -0.3 is 0 Å². The predicted molar refractivity (Wildman–Crippen MR) is 85.1 cm³/mol. The maximum atomic E-state index is 12.9. The van der Waals surface area contributed by atoms with E-state index in [2.05, 4.69) is 15.0 Å². The summed E-state index contributed by atoms with van der Waals surface area (Å²) in [7, 11) is 0. The van der Waals surface area contributed by atoms with Crippen molar-refractivity contribution in [2.75, 3.05) is 0 Å². The molecule has 0 unspecified atom stereocenters. The topological polar surface area (TPSA) is 38.7 Å². The Morgan fingerprint density at radius 1 is 0.917 bits per heavy atom. The lowest BCUT2D eigenvalue weighted by atomic mass is 10.1. The van der Waals surface area contributed by atoms with Crippen molar-refractivity contribution >= 4 is 0 Å². The van der Waals surface area contributed by atoms with Crippen LogP contribution in [0.15, 0.2) is 54.9 Å². The molecule has 0 radical (unpaired) electrons. The van der Waals surface area contributed by atoms with Crippen molar-refractivity contribution in [3.05, 3.63) is 66.1 Å². The van der Waals surface area contributed by atoms with Gasteiger partial charge in [-0.05, 0) is 36.8 Å². The summed E-state index contributed by atoms with van der Waals surface area (Å²) in [5, 5.41) is 0. The minimum atomic E-state index is -4.38. The van der Waals surface area contributed by atoms with Gasteiger partial charge in [0.15, 0.2) is 5.82 Å². The number of alkyl halides is 3. The predicted octanol–water partition coefficient (Wildman–Crippen LogP) is 4.79. The zero-order chi connectivity index (χ0) is 17.2. The van der Waals surface area contributed by atoms with E-state index in [1.807, 2.05) is 6.92 Å². The van der Waals surface area contributed by atoms with Gasteiger partial charge in [0.1, 0.15) is 0 Å². The molecule has 3 rings (SSSR count). The van der Waals surface area contributed by atoms with Crippen molar-refractivity contribution in [2.45, 2.75) is 19.5 Å². The molecule has 0 bridgehead atoms. The van der Waals surface area contributed by atoms with Crippen LogP contribution in [0.1, 0.15) is 18.2 Å². The second-order valence-corrected chi connectivity index (χ2v) is 5.24.